The van der Waals surface area contributed by atoms with Crippen LogP contribution in [-0.4, -0.2) is 25.6 Å². The summed E-state index contributed by atoms with van der Waals surface area (Å²) in [6.45, 7) is 5.94. The first-order valence-electron chi connectivity index (χ1n) is 5.83. The summed E-state index contributed by atoms with van der Waals surface area (Å²) >= 11 is 0. The summed E-state index contributed by atoms with van der Waals surface area (Å²) in [5.74, 6) is 0. The molecule has 0 radical (unpaired) electrons. The van der Waals surface area contributed by atoms with Crippen LogP contribution in [0.2, 0.25) is 0 Å². The van der Waals surface area contributed by atoms with E-state index in [2.05, 4.69) is 35.6 Å². The van der Waals surface area contributed by atoms with Crippen molar-refractivity contribution in [3.8, 4) is 0 Å². The van der Waals surface area contributed by atoms with Crippen molar-refractivity contribution in [3.63, 3.8) is 0 Å². The SMILES string of the molecule is Cc1cnn(C[C@H](C)NCc2cnn(C)c2)c1. The maximum Gasteiger partial charge on any atom is 0.0560 e. The van der Waals surface area contributed by atoms with Crippen LogP contribution in [0.1, 0.15) is 18.1 Å². The second-order valence-electron chi connectivity index (χ2n) is 4.54. The zero-order valence-corrected chi connectivity index (χ0v) is 10.6. The third kappa shape index (κ3) is 3.42. The third-order valence-electron chi connectivity index (χ3n) is 2.64. The fourth-order valence-electron chi connectivity index (χ4n) is 1.77. The molecule has 17 heavy (non-hydrogen) atoms. The molecule has 1 atom stereocenters. The Morgan fingerprint density at radius 2 is 2.12 bits per heavy atom. The fraction of sp³-hybridized carbons (Fsp3) is 0.500. The van der Waals surface area contributed by atoms with E-state index in [0.29, 0.717) is 6.04 Å². The average Bonchev–Trinajstić information content (AvgIpc) is 2.85. The van der Waals surface area contributed by atoms with Gasteiger partial charge in [-0.3, -0.25) is 9.36 Å². The zero-order valence-electron chi connectivity index (χ0n) is 10.6. The van der Waals surface area contributed by atoms with Crippen LogP contribution in [0.15, 0.2) is 24.8 Å². The van der Waals surface area contributed by atoms with Crippen molar-refractivity contribution in [2.24, 2.45) is 7.05 Å². The summed E-state index contributed by atoms with van der Waals surface area (Å²) in [4.78, 5) is 0. The molecule has 0 aliphatic heterocycles. The van der Waals surface area contributed by atoms with Gasteiger partial charge in [-0.25, -0.2) is 0 Å². The van der Waals surface area contributed by atoms with Crippen LogP contribution in [0.5, 0.6) is 0 Å². The zero-order chi connectivity index (χ0) is 12.3. The van der Waals surface area contributed by atoms with Gasteiger partial charge >= 0.3 is 0 Å². The van der Waals surface area contributed by atoms with E-state index in [1.807, 2.05) is 35.0 Å². The van der Waals surface area contributed by atoms with Crippen molar-refractivity contribution in [2.75, 3.05) is 0 Å². The molecule has 0 aliphatic carbocycles. The van der Waals surface area contributed by atoms with Gasteiger partial charge in [0.2, 0.25) is 0 Å². The Bertz CT molecular complexity index is 471. The summed E-state index contributed by atoms with van der Waals surface area (Å²) in [6.07, 6.45) is 7.85. The summed E-state index contributed by atoms with van der Waals surface area (Å²) in [5, 5.41) is 11.9. The molecule has 5 heteroatoms. The van der Waals surface area contributed by atoms with Crippen LogP contribution in [0.4, 0.5) is 0 Å². The van der Waals surface area contributed by atoms with Gasteiger partial charge in [-0.2, -0.15) is 10.2 Å². The van der Waals surface area contributed by atoms with E-state index in [9.17, 15) is 0 Å². The van der Waals surface area contributed by atoms with E-state index in [1.165, 1.54) is 11.1 Å². The minimum absolute atomic E-state index is 0.384. The lowest BCUT2D eigenvalue weighted by Crippen LogP contribution is -2.30. The van der Waals surface area contributed by atoms with Crippen LogP contribution in [0, 0.1) is 6.92 Å². The molecule has 2 heterocycles. The Balaban J connectivity index is 1.79. The largest absolute Gasteiger partial charge is 0.308 e. The van der Waals surface area contributed by atoms with Crippen LogP contribution in [0.3, 0.4) is 0 Å². The molecule has 0 fully saturated rings. The standard InChI is InChI=1S/C12H19N5/c1-10-4-15-17(7-10)8-11(2)13-5-12-6-14-16(3)9-12/h4,6-7,9,11,13H,5,8H2,1-3H3/t11-/m0/s1. The van der Waals surface area contributed by atoms with Gasteiger partial charge in [-0.05, 0) is 19.4 Å². The topological polar surface area (TPSA) is 47.7 Å². The number of aryl methyl sites for hydroxylation is 2. The Labute approximate surface area is 101 Å². The quantitative estimate of drug-likeness (QED) is 0.841. The predicted octanol–water partition coefficient (Wildman–Crippen LogP) is 1.10. The first-order valence-corrected chi connectivity index (χ1v) is 5.83. The van der Waals surface area contributed by atoms with E-state index < -0.39 is 0 Å². The molecule has 2 aromatic rings. The molecule has 0 bridgehead atoms. The maximum atomic E-state index is 4.28. The van der Waals surface area contributed by atoms with E-state index in [-0.39, 0.29) is 0 Å². The molecule has 0 spiro atoms. The molecular weight excluding hydrogens is 214 g/mol. The van der Waals surface area contributed by atoms with Crippen LogP contribution >= 0.6 is 0 Å². The smallest absolute Gasteiger partial charge is 0.0560 e. The average molecular weight is 233 g/mol. The van der Waals surface area contributed by atoms with E-state index in [4.69, 9.17) is 0 Å². The monoisotopic (exact) mass is 233 g/mol. The Morgan fingerprint density at radius 3 is 2.71 bits per heavy atom. The summed E-state index contributed by atoms with van der Waals surface area (Å²) in [5.41, 5.74) is 2.40. The van der Waals surface area contributed by atoms with Crippen molar-refractivity contribution < 1.29 is 0 Å². The Kier molecular flexibility index (Phi) is 3.58. The lowest BCUT2D eigenvalue weighted by Gasteiger charge is -2.12. The lowest BCUT2D eigenvalue weighted by atomic mass is 10.3. The van der Waals surface area contributed by atoms with Gasteiger partial charge in [-0.15, -0.1) is 0 Å². The van der Waals surface area contributed by atoms with Crippen LogP contribution in [-0.2, 0) is 20.1 Å². The Morgan fingerprint density at radius 1 is 1.29 bits per heavy atom. The lowest BCUT2D eigenvalue weighted by molar-refractivity contribution is 0.450. The molecule has 2 aromatic heterocycles. The molecule has 5 nitrogen and oxygen atoms in total. The molecule has 2 rings (SSSR count). The van der Waals surface area contributed by atoms with Gasteiger partial charge < -0.3 is 5.32 Å². The van der Waals surface area contributed by atoms with Crippen molar-refractivity contribution >= 4 is 0 Å². The number of rotatable bonds is 5. The first kappa shape index (κ1) is 11.9. The summed E-state index contributed by atoms with van der Waals surface area (Å²) < 4.78 is 3.79. The molecule has 0 saturated heterocycles. The van der Waals surface area contributed by atoms with Crippen molar-refractivity contribution in [2.45, 2.75) is 33.0 Å². The molecular formula is C12H19N5. The minimum atomic E-state index is 0.384. The highest BCUT2D eigenvalue weighted by Gasteiger charge is 2.04. The molecule has 92 valence electrons. The minimum Gasteiger partial charge on any atom is -0.308 e. The highest BCUT2D eigenvalue weighted by molar-refractivity contribution is 5.03. The molecule has 0 aliphatic rings. The number of aromatic nitrogens is 4. The summed E-state index contributed by atoms with van der Waals surface area (Å²) in [7, 11) is 1.93. The Hall–Kier alpha value is -1.62. The normalized spacial score (nSPS) is 12.9. The fourth-order valence-corrected chi connectivity index (χ4v) is 1.77. The third-order valence-corrected chi connectivity index (χ3v) is 2.64. The summed E-state index contributed by atoms with van der Waals surface area (Å²) in [6, 6.07) is 0.384. The molecule has 0 aromatic carbocycles. The second-order valence-corrected chi connectivity index (χ2v) is 4.54. The van der Waals surface area contributed by atoms with E-state index in [1.54, 1.807) is 0 Å². The second kappa shape index (κ2) is 5.14. The van der Waals surface area contributed by atoms with Crippen LogP contribution < -0.4 is 5.32 Å². The van der Waals surface area contributed by atoms with Crippen molar-refractivity contribution in [1.82, 2.24) is 24.9 Å². The first-order chi connectivity index (χ1) is 8.13. The number of hydrogen-bond donors (Lipinski definition) is 1. The van der Waals surface area contributed by atoms with Crippen LogP contribution in [0.25, 0.3) is 0 Å². The molecule has 0 unspecified atom stereocenters. The van der Waals surface area contributed by atoms with E-state index >= 15 is 0 Å². The number of hydrogen-bond acceptors (Lipinski definition) is 3. The highest BCUT2D eigenvalue weighted by Crippen LogP contribution is 1.99. The molecule has 1 N–H and O–H groups in total. The number of nitrogens with zero attached hydrogens (tertiary/aromatic N) is 4. The number of nitrogens with one attached hydrogen (secondary N) is 1. The van der Waals surface area contributed by atoms with E-state index in [0.717, 1.165) is 13.1 Å². The van der Waals surface area contributed by atoms with Crippen molar-refractivity contribution in [3.05, 3.63) is 35.9 Å². The predicted molar refractivity (Wildman–Crippen MR) is 66.5 cm³/mol. The van der Waals surface area contributed by atoms with Gasteiger partial charge in [0.1, 0.15) is 0 Å². The maximum absolute atomic E-state index is 4.28. The highest BCUT2D eigenvalue weighted by atomic mass is 15.3. The van der Waals surface area contributed by atoms with Gasteiger partial charge in [0.15, 0.2) is 0 Å². The van der Waals surface area contributed by atoms with Crippen molar-refractivity contribution in [1.29, 1.82) is 0 Å². The van der Waals surface area contributed by atoms with Gasteiger partial charge in [0.05, 0.1) is 18.9 Å². The molecule has 0 saturated carbocycles. The van der Waals surface area contributed by atoms with Gasteiger partial charge in [0, 0.05) is 37.6 Å². The molecule has 0 amide bonds. The van der Waals surface area contributed by atoms with Gasteiger partial charge in [-0.1, -0.05) is 0 Å². The van der Waals surface area contributed by atoms with Gasteiger partial charge in [0.25, 0.3) is 0 Å².